The zero-order valence-electron chi connectivity index (χ0n) is 69.0. The number of nitrogens with zero attached hydrogens (tertiary/aromatic N) is 4. The van der Waals surface area contributed by atoms with Crippen LogP contribution in [0.3, 0.4) is 0 Å². The Kier molecular flexibility index (Phi) is 8.45. The molecule has 3 aromatic heterocycles. The molecule has 0 amide bonds. The molecular formula is C86H65BN4O. The van der Waals surface area contributed by atoms with Gasteiger partial charge in [-0.25, -0.2) is 0 Å². The van der Waals surface area contributed by atoms with Crippen molar-refractivity contribution in [1.82, 2.24) is 9.13 Å². The summed E-state index contributed by atoms with van der Waals surface area (Å²) in [5.74, 6) is 0. The first kappa shape index (κ1) is 38.5. The smallest absolute Gasteiger partial charge is 0.252 e. The molecule has 18 rings (SSSR count). The van der Waals surface area contributed by atoms with E-state index in [1.165, 1.54) is 4.57 Å². The molecule has 0 bridgehead atoms. The predicted octanol–water partition coefficient (Wildman–Crippen LogP) is 21.5. The van der Waals surface area contributed by atoms with Gasteiger partial charge >= 0.3 is 0 Å². The summed E-state index contributed by atoms with van der Waals surface area (Å²) < 4.78 is 177. The summed E-state index contributed by atoms with van der Waals surface area (Å²) in [6.07, 6.45) is 0. The van der Waals surface area contributed by atoms with Crippen molar-refractivity contribution in [2.75, 3.05) is 9.80 Å². The summed E-state index contributed by atoms with van der Waals surface area (Å²) in [4.78, 5) is 4.12. The minimum Gasteiger partial charge on any atom is -0.452 e. The van der Waals surface area contributed by atoms with Crippen LogP contribution in [0.2, 0.25) is 0 Å². The largest absolute Gasteiger partial charge is 0.452 e. The van der Waals surface area contributed by atoms with Crippen molar-refractivity contribution in [3.63, 3.8) is 0 Å². The highest BCUT2D eigenvalue weighted by atomic mass is 16.3. The van der Waals surface area contributed by atoms with E-state index < -0.39 is 115 Å². The number of para-hydroxylation sites is 4. The molecule has 0 spiro atoms. The lowest BCUT2D eigenvalue weighted by atomic mass is 9.33. The molecule has 438 valence electrons. The maximum Gasteiger partial charge on any atom is 0.252 e. The average Bonchev–Trinajstić information content (AvgIpc) is 1.61. The van der Waals surface area contributed by atoms with Crippen LogP contribution in [0.1, 0.15) is 77.3 Å². The Labute approximate surface area is 561 Å². The third kappa shape index (κ3) is 8.26. The van der Waals surface area contributed by atoms with Gasteiger partial charge in [0.1, 0.15) is 0 Å². The van der Waals surface area contributed by atoms with Gasteiger partial charge in [0.15, 0.2) is 11.2 Å². The van der Waals surface area contributed by atoms with E-state index in [0.29, 0.717) is 61.5 Å². The molecule has 5 heterocycles. The Morgan fingerprint density at radius 3 is 1.46 bits per heavy atom. The van der Waals surface area contributed by atoms with Gasteiger partial charge in [0.2, 0.25) is 0 Å². The Morgan fingerprint density at radius 2 is 0.826 bits per heavy atom. The molecule has 0 unspecified atom stereocenters. The normalized spacial score (nSPS) is 15.8. The molecule has 5 nitrogen and oxygen atoms in total. The van der Waals surface area contributed by atoms with Gasteiger partial charge in [-0.15, -0.1) is 0 Å². The minimum atomic E-state index is -0.732. The number of anilines is 6. The monoisotopic (exact) mass is 1200 g/mol. The van der Waals surface area contributed by atoms with Gasteiger partial charge in [-0.3, -0.25) is 0 Å². The predicted molar refractivity (Wildman–Crippen MR) is 390 cm³/mol. The van der Waals surface area contributed by atoms with Crippen molar-refractivity contribution in [3.8, 4) is 44.8 Å². The number of aromatic nitrogens is 2. The number of fused-ring (bicyclic) bond motifs is 13. The molecular weight excluding hydrogens is 1120 g/mol. The summed E-state index contributed by atoms with van der Waals surface area (Å²) in [5.41, 5.74) is 12.5. The molecule has 0 saturated carbocycles. The van der Waals surface area contributed by atoms with Crippen LogP contribution in [0.15, 0.2) is 289 Å². The van der Waals surface area contributed by atoms with E-state index >= 15 is 0 Å². The standard InChI is InChI=1S/C86H65BN4O/c1-85(2,3)60-40-45-74-68(51-60)69-52-61(86(4,5)6)41-46-75(69)88(74)63-42-44-71-79(53-63)91(77-38-22-34-67-66-33-21-37-76(83(66)92-84(67)77)90-72-35-18-16-31-64(72)65-32-17-19-36-73(65)90)81-50-59(56-27-14-9-15-28-56)49-80-82(81)87(71)70-43-39-58(55-25-12-8-13-26-55)48-78(70)89(80)62-30-20-29-57(47-62)54-23-10-7-11-24-54/h7-53H,1-6H3/i8D,9D,12D,13D,14D,15D,16D,17D,18D,19D,25D,26D,27D,28D,31D,32D,35D,36D. The van der Waals surface area contributed by atoms with Crippen molar-refractivity contribution >= 4 is 123 Å². The summed E-state index contributed by atoms with van der Waals surface area (Å²) in [6.45, 7) is 12.4. The van der Waals surface area contributed by atoms with Crippen LogP contribution in [-0.2, 0) is 10.8 Å². The van der Waals surface area contributed by atoms with Crippen molar-refractivity contribution < 1.29 is 29.1 Å². The van der Waals surface area contributed by atoms with Gasteiger partial charge in [0.25, 0.3) is 6.71 Å². The van der Waals surface area contributed by atoms with E-state index in [2.05, 4.69) is 106 Å². The third-order valence-corrected chi connectivity index (χ3v) is 18.6. The Balaban J connectivity index is 1.00. The first-order valence-electron chi connectivity index (χ1n) is 39.8. The maximum absolute atomic E-state index is 9.79. The third-order valence-electron chi connectivity index (χ3n) is 18.6. The number of hydrogen-bond acceptors (Lipinski definition) is 3. The fourth-order valence-electron chi connectivity index (χ4n) is 14.2. The first-order chi connectivity index (χ1) is 52.4. The summed E-state index contributed by atoms with van der Waals surface area (Å²) >= 11 is 0. The Morgan fingerprint density at radius 1 is 0.315 bits per heavy atom. The van der Waals surface area contributed by atoms with Crippen LogP contribution in [0, 0.1) is 0 Å². The lowest BCUT2D eigenvalue weighted by Gasteiger charge is -2.44. The molecule has 0 fully saturated rings. The second-order valence-electron chi connectivity index (χ2n) is 26.0. The number of rotatable bonds is 7. The van der Waals surface area contributed by atoms with E-state index in [4.69, 9.17) is 15.4 Å². The highest BCUT2D eigenvalue weighted by molar-refractivity contribution is 7.00. The molecule has 0 saturated heterocycles. The van der Waals surface area contributed by atoms with E-state index in [0.717, 1.165) is 60.7 Å². The van der Waals surface area contributed by atoms with Gasteiger partial charge in [-0.05, 0) is 163 Å². The van der Waals surface area contributed by atoms with Crippen molar-refractivity contribution in [1.29, 1.82) is 0 Å². The highest BCUT2D eigenvalue weighted by Crippen LogP contribution is 2.51. The van der Waals surface area contributed by atoms with Gasteiger partial charge in [-0.2, -0.15) is 0 Å². The number of benzene rings is 13. The zero-order chi connectivity index (χ0) is 77.4. The summed E-state index contributed by atoms with van der Waals surface area (Å²) in [6, 6.07) is 48.2. The molecule has 92 heavy (non-hydrogen) atoms. The molecule has 0 atom stereocenters. The van der Waals surface area contributed by atoms with Crippen molar-refractivity contribution in [2.45, 2.75) is 52.4 Å². The lowest BCUT2D eigenvalue weighted by Crippen LogP contribution is -2.61. The summed E-state index contributed by atoms with van der Waals surface area (Å²) in [5, 5.41) is 2.96. The fourth-order valence-corrected chi connectivity index (χ4v) is 14.2. The van der Waals surface area contributed by atoms with Crippen LogP contribution < -0.4 is 26.2 Å². The topological polar surface area (TPSA) is 29.5 Å². The zero-order valence-corrected chi connectivity index (χ0v) is 51.0. The highest BCUT2D eigenvalue weighted by Gasteiger charge is 2.45. The lowest BCUT2D eigenvalue weighted by molar-refractivity contribution is 0.590. The molecule has 13 aromatic carbocycles. The number of furan rings is 1. The van der Waals surface area contributed by atoms with E-state index in [1.54, 1.807) is 18.2 Å². The molecule has 16 aromatic rings. The first-order valence-corrected chi connectivity index (χ1v) is 30.8. The second kappa shape index (κ2) is 20.2. The second-order valence-corrected chi connectivity index (χ2v) is 26.0. The van der Waals surface area contributed by atoms with Crippen molar-refractivity contribution in [3.05, 3.63) is 296 Å². The maximum atomic E-state index is 9.79. The van der Waals surface area contributed by atoms with Crippen LogP contribution in [0.25, 0.3) is 110 Å². The molecule has 0 radical (unpaired) electrons. The SMILES string of the molecule is [2H]c1c([2H])c([2H])c(-c2ccc3c(c2)N(c2cccc(-c4ccccc4)c2)c2cc(-c4c([2H])c([2H])c([2H])c([2H])c4[2H])cc4c2B3c2ccc(-n3c5ccc(C(C)(C)C)cc5c5cc(C(C)(C)C)ccc53)cc2N4c2cccc3c2oc2c(-n4c5c([2H])c([2H])c([2H])c([2H])c5c5c([2H])c([2H])c([2H])c([2H])c54)cccc23)c([2H])c1[2H]. The van der Waals surface area contributed by atoms with E-state index in [9.17, 15) is 13.7 Å². The molecule has 2 aliphatic heterocycles. The van der Waals surface area contributed by atoms with Gasteiger partial charge in [0.05, 0.1) is 58.1 Å². The minimum absolute atomic E-state index is 0.0273. The average molecular weight is 1200 g/mol. The molecule has 6 heteroatoms. The fraction of sp³-hybridized carbons (Fsp3) is 0.0930. The van der Waals surface area contributed by atoms with Crippen LogP contribution >= 0.6 is 0 Å². The van der Waals surface area contributed by atoms with Gasteiger partial charge < -0.3 is 23.4 Å². The molecule has 0 aliphatic carbocycles. The number of hydrogen-bond donors (Lipinski definition) is 0. The van der Waals surface area contributed by atoms with Gasteiger partial charge in [-0.1, -0.05) is 235 Å². The quantitative estimate of drug-likeness (QED) is 0.149. The summed E-state index contributed by atoms with van der Waals surface area (Å²) in [7, 11) is 0. The van der Waals surface area contributed by atoms with Crippen molar-refractivity contribution in [2.24, 2.45) is 0 Å². The van der Waals surface area contributed by atoms with Crippen LogP contribution in [0.5, 0.6) is 0 Å². The van der Waals surface area contributed by atoms with E-state index in [1.807, 2.05) is 108 Å². The van der Waals surface area contributed by atoms with Gasteiger partial charge in [0, 0.05) is 66.4 Å². The van der Waals surface area contributed by atoms with E-state index in [-0.39, 0.29) is 60.6 Å². The van der Waals surface area contributed by atoms with Crippen LogP contribution in [0.4, 0.5) is 34.1 Å². The Hall–Kier alpha value is -11.1. The molecule has 2 aliphatic rings. The van der Waals surface area contributed by atoms with Crippen LogP contribution in [-0.4, -0.2) is 15.8 Å². The molecule has 0 N–H and O–H groups in total. The Bertz CT molecular complexity index is 6630.